The first-order chi connectivity index (χ1) is 9.51. The molecule has 1 aromatic carbocycles. The smallest absolute Gasteiger partial charge is 0.336 e. The molecule has 1 fully saturated rings. The fourth-order valence-electron chi connectivity index (χ4n) is 2.19. The molecule has 0 bridgehead atoms. The van der Waals surface area contributed by atoms with Crippen LogP contribution in [0.25, 0.3) is 0 Å². The van der Waals surface area contributed by atoms with Crippen molar-refractivity contribution in [1.29, 1.82) is 0 Å². The second kappa shape index (κ2) is 5.87. The Morgan fingerprint density at radius 2 is 2.25 bits per heavy atom. The third kappa shape index (κ3) is 3.05. The summed E-state index contributed by atoms with van der Waals surface area (Å²) in [5.41, 5.74) is 1.56. The van der Waals surface area contributed by atoms with Crippen LogP contribution in [-0.4, -0.2) is 43.8 Å². The molecule has 0 spiro atoms. The van der Waals surface area contributed by atoms with Crippen LogP contribution in [0.1, 0.15) is 5.56 Å². The van der Waals surface area contributed by atoms with Crippen molar-refractivity contribution in [2.45, 2.75) is 13.0 Å². The van der Waals surface area contributed by atoms with Gasteiger partial charge in [0.1, 0.15) is 0 Å². The van der Waals surface area contributed by atoms with Gasteiger partial charge in [-0.1, -0.05) is 0 Å². The summed E-state index contributed by atoms with van der Waals surface area (Å²) in [7, 11) is 1.31. The van der Waals surface area contributed by atoms with E-state index in [0.29, 0.717) is 25.4 Å². The van der Waals surface area contributed by atoms with Crippen molar-refractivity contribution in [2.75, 3.05) is 31.7 Å². The van der Waals surface area contributed by atoms with Crippen LogP contribution in [0.5, 0.6) is 0 Å². The Kier molecular flexibility index (Phi) is 4.19. The Morgan fingerprint density at radius 3 is 2.90 bits per heavy atom. The monoisotopic (exact) mass is 280 g/mol. The van der Waals surface area contributed by atoms with Crippen molar-refractivity contribution in [3.05, 3.63) is 33.9 Å². The van der Waals surface area contributed by atoms with E-state index >= 15 is 0 Å². The number of nitrogens with zero attached hydrogens (tertiary/aromatic N) is 2. The average Bonchev–Trinajstić information content (AvgIpc) is 2.45. The summed E-state index contributed by atoms with van der Waals surface area (Å²) in [6, 6.07) is 4.88. The number of rotatable bonds is 3. The fourth-order valence-corrected chi connectivity index (χ4v) is 2.19. The van der Waals surface area contributed by atoms with Crippen molar-refractivity contribution in [2.24, 2.45) is 0 Å². The number of ether oxygens (including phenoxy) is 2. The lowest BCUT2D eigenvalue weighted by atomic mass is 10.1. The van der Waals surface area contributed by atoms with Gasteiger partial charge in [0.05, 0.1) is 25.2 Å². The molecule has 108 valence electrons. The first-order valence-electron chi connectivity index (χ1n) is 6.21. The van der Waals surface area contributed by atoms with Gasteiger partial charge in [0, 0.05) is 24.4 Å². The maximum Gasteiger partial charge on any atom is 0.336 e. The van der Waals surface area contributed by atoms with E-state index in [-0.39, 0.29) is 5.69 Å². The van der Waals surface area contributed by atoms with Gasteiger partial charge in [0.25, 0.3) is 5.69 Å². The molecule has 7 heteroatoms. The minimum atomic E-state index is -0.659. The van der Waals surface area contributed by atoms with Crippen LogP contribution in [0.4, 0.5) is 11.4 Å². The number of aryl methyl sites for hydroxylation is 1. The van der Waals surface area contributed by atoms with Gasteiger partial charge in [-0.3, -0.25) is 10.1 Å². The number of non-ortho nitro benzene ring substituents is 1. The Balaban J connectivity index is 2.22. The van der Waals surface area contributed by atoms with E-state index in [4.69, 9.17) is 4.74 Å². The fraction of sp³-hybridized carbons (Fsp3) is 0.462. The Hall–Kier alpha value is -2.15. The highest BCUT2D eigenvalue weighted by Gasteiger charge is 2.28. The third-order valence-corrected chi connectivity index (χ3v) is 3.15. The molecule has 7 nitrogen and oxygen atoms in total. The molecule has 1 heterocycles. The van der Waals surface area contributed by atoms with E-state index in [1.54, 1.807) is 6.92 Å². The van der Waals surface area contributed by atoms with E-state index in [0.717, 1.165) is 5.56 Å². The SMILES string of the molecule is COC(=O)C1CN(c2cc(C)cc([N+](=O)[O-])c2)CCO1. The molecule has 1 aromatic rings. The normalized spacial score (nSPS) is 18.7. The summed E-state index contributed by atoms with van der Waals surface area (Å²) in [6.45, 7) is 3.08. The Labute approximate surface area is 116 Å². The van der Waals surface area contributed by atoms with Gasteiger partial charge < -0.3 is 14.4 Å². The topological polar surface area (TPSA) is 81.9 Å². The molecule has 0 amide bonds. The zero-order valence-electron chi connectivity index (χ0n) is 11.4. The molecular weight excluding hydrogens is 264 g/mol. The van der Waals surface area contributed by atoms with Crippen LogP contribution < -0.4 is 4.90 Å². The molecular formula is C13H16N2O5. The molecule has 20 heavy (non-hydrogen) atoms. The number of hydrogen-bond acceptors (Lipinski definition) is 6. The lowest BCUT2D eigenvalue weighted by Gasteiger charge is -2.33. The summed E-state index contributed by atoms with van der Waals surface area (Å²) in [5, 5.41) is 10.9. The second-order valence-corrected chi connectivity index (χ2v) is 4.61. The first kappa shape index (κ1) is 14.3. The van der Waals surface area contributed by atoms with E-state index < -0.39 is 17.0 Å². The maximum absolute atomic E-state index is 11.5. The summed E-state index contributed by atoms with van der Waals surface area (Å²) in [6.07, 6.45) is -0.659. The number of nitro groups is 1. The number of methoxy groups -OCH3 is 1. The molecule has 1 aliphatic heterocycles. The van der Waals surface area contributed by atoms with E-state index in [2.05, 4.69) is 4.74 Å². The number of morpholine rings is 1. The highest BCUT2D eigenvalue weighted by atomic mass is 16.6. The number of carbonyl (C=O) groups is 1. The number of benzene rings is 1. The standard InChI is InChI=1S/C13H16N2O5/c1-9-5-10(7-11(6-9)15(17)18)14-3-4-20-12(8-14)13(16)19-2/h5-7,12H,3-4,8H2,1-2H3. The zero-order valence-corrected chi connectivity index (χ0v) is 11.4. The predicted octanol–water partition coefficient (Wildman–Crippen LogP) is 1.28. The lowest BCUT2D eigenvalue weighted by molar-refractivity contribution is -0.384. The van der Waals surface area contributed by atoms with Gasteiger partial charge in [0.15, 0.2) is 6.10 Å². The van der Waals surface area contributed by atoms with Crippen LogP contribution in [-0.2, 0) is 14.3 Å². The number of hydrogen-bond donors (Lipinski definition) is 0. The van der Waals surface area contributed by atoms with Gasteiger partial charge in [0.2, 0.25) is 0 Å². The molecule has 0 aliphatic carbocycles. The van der Waals surface area contributed by atoms with E-state index in [9.17, 15) is 14.9 Å². The number of nitro benzene ring substituents is 1. The van der Waals surface area contributed by atoms with Gasteiger partial charge in [-0.15, -0.1) is 0 Å². The Bertz CT molecular complexity index is 531. The summed E-state index contributed by atoms with van der Waals surface area (Å²) in [5.74, 6) is -0.433. The number of anilines is 1. The molecule has 1 atom stereocenters. The Morgan fingerprint density at radius 1 is 1.50 bits per heavy atom. The van der Waals surface area contributed by atoms with Crippen molar-refractivity contribution in [3.63, 3.8) is 0 Å². The number of esters is 1. The van der Waals surface area contributed by atoms with Crippen LogP contribution >= 0.6 is 0 Å². The molecule has 2 rings (SSSR count). The molecule has 0 N–H and O–H groups in total. The van der Waals surface area contributed by atoms with Crippen molar-refractivity contribution in [3.8, 4) is 0 Å². The van der Waals surface area contributed by atoms with Crippen LogP contribution in [0.2, 0.25) is 0 Å². The van der Waals surface area contributed by atoms with Crippen LogP contribution in [0.15, 0.2) is 18.2 Å². The van der Waals surface area contributed by atoms with Crippen LogP contribution in [0, 0.1) is 17.0 Å². The highest BCUT2D eigenvalue weighted by molar-refractivity contribution is 5.76. The van der Waals surface area contributed by atoms with E-state index in [1.165, 1.54) is 19.2 Å². The minimum Gasteiger partial charge on any atom is -0.467 e. The number of carbonyl (C=O) groups excluding carboxylic acids is 1. The van der Waals surface area contributed by atoms with Gasteiger partial charge >= 0.3 is 5.97 Å². The molecule has 0 aromatic heterocycles. The van der Waals surface area contributed by atoms with Crippen molar-refractivity contribution < 1.29 is 19.2 Å². The summed E-state index contributed by atoms with van der Waals surface area (Å²) >= 11 is 0. The first-order valence-corrected chi connectivity index (χ1v) is 6.21. The molecule has 1 unspecified atom stereocenters. The third-order valence-electron chi connectivity index (χ3n) is 3.15. The molecule has 0 saturated carbocycles. The largest absolute Gasteiger partial charge is 0.467 e. The minimum absolute atomic E-state index is 0.0427. The summed E-state index contributed by atoms with van der Waals surface area (Å²) in [4.78, 5) is 23.9. The zero-order chi connectivity index (χ0) is 14.7. The van der Waals surface area contributed by atoms with Gasteiger partial charge in [-0.25, -0.2) is 4.79 Å². The lowest BCUT2D eigenvalue weighted by Crippen LogP contribution is -2.46. The van der Waals surface area contributed by atoms with E-state index in [1.807, 2.05) is 11.0 Å². The predicted molar refractivity (Wildman–Crippen MR) is 71.8 cm³/mol. The highest BCUT2D eigenvalue weighted by Crippen LogP contribution is 2.25. The van der Waals surface area contributed by atoms with Crippen molar-refractivity contribution >= 4 is 17.3 Å². The summed E-state index contributed by atoms with van der Waals surface area (Å²) < 4.78 is 10.0. The molecule has 1 saturated heterocycles. The van der Waals surface area contributed by atoms with Gasteiger partial charge in [-0.05, 0) is 18.6 Å². The van der Waals surface area contributed by atoms with Crippen molar-refractivity contribution in [1.82, 2.24) is 0 Å². The maximum atomic E-state index is 11.5. The van der Waals surface area contributed by atoms with Gasteiger partial charge in [-0.2, -0.15) is 0 Å². The molecule has 0 radical (unpaired) electrons. The average molecular weight is 280 g/mol. The van der Waals surface area contributed by atoms with Crippen LogP contribution in [0.3, 0.4) is 0 Å². The molecule has 1 aliphatic rings. The second-order valence-electron chi connectivity index (χ2n) is 4.61. The quantitative estimate of drug-likeness (QED) is 0.471.